The highest BCUT2D eigenvalue weighted by Gasteiger charge is 2.33. The Balaban J connectivity index is 1.46. The number of carbonyl (C=O) groups is 1. The maximum Gasteiger partial charge on any atom is 0.186 e. The summed E-state index contributed by atoms with van der Waals surface area (Å²) in [7, 11) is 0. The highest BCUT2D eigenvalue weighted by molar-refractivity contribution is 7.17. The second-order valence-electron chi connectivity index (χ2n) is 6.62. The fraction of sp³-hybridized carbons (Fsp3) is 0.750. The SMILES string of the molecule is O=Cc1sc(N2CCC(N3CCCCC3)C2)nc1C1CC1. The Hall–Kier alpha value is -0.940. The summed E-state index contributed by atoms with van der Waals surface area (Å²) in [4.78, 5) is 22.0. The number of piperidine rings is 1. The van der Waals surface area contributed by atoms with Crippen molar-refractivity contribution in [3.05, 3.63) is 10.6 Å². The van der Waals surface area contributed by atoms with E-state index in [4.69, 9.17) is 4.98 Å². The molecule has 0 radical (unpaired) electrons. The summed E-state index contributed by atoms with van der Waals surface area (Å²) >= 11 is 1.60. The van der Waals surface area contributed by atoms with Gasteiger partial charge in [-0.2, -0.15) is 0 Å². The van der Waals surface area contributed by atoms with Gasteiger partial charge in [0.1, 0.15) is 0 Å². The number of likely N-dealkylation sites (tertiary alicyclic amines) is 1. The number of nitrogens with zero attached hydrogens (tertiary/aromatic N) is 3. The molecule has 0 spiro atoms. The number of thiazole rings is 1. The summed E-state index contributed by atoms with van der Waals surface area (Å²) in [6.07, 6.45) is 8.78. The van der Waals surface area contributed by atoms with Crippen molar-refractivity contribution in [1.82, 2.24) is 9.88 Å². The molecule has 3 heterocycles. The summed E-state index contributed by atoms with van der Waals surface area (Å²) in [5.41, 5.74) is 1.08. The molecule has 1 unspecified atom stereocenters. The van der Waals surface area contributed by atoms with Crippen molar-refractivity contribution in [1.29, 1.82) is 0 Å². The maximum atomic E-state index is 11.2. The van der Waals surface area contributed by atoms with Crippen LogP contribution in [0.15, 0.2) is 0 Å². The molecule has 2 aliphatic heterocycles. The first-order valence-corrected chi connectivity index (χ1v) is 9.11. The van der Waals surface area contributed by atoms with Crippen LogP contribution in [-0.4, -0.2) is 48.4 Å². The van der Waals surface area contributed by atoms with Crippen LogP contribution >= 0.6 is 11.3 Å². The van der Waals surface area contributed by atoms with Gasteiger partial charge in [0.05, 0.1) is 10.6 Å². The van der Waals surface area contributed by atoms with Crippen molar-refractivity contribution in [2.75, 3.05) is 31.1 Å². The van der Waals surface area contributed by atoms with Gasteiger partial charge in [0, 0.05) is 25.0 Å². The van der Waals surface area contributed by atoms with Gasteiger partial charge in [0.2, 0.25) is 0 Å². The first-order chi connectivity index (χ1) is 10.3. The molecule has 3 aliphatic rings. The van der Waals surface area contributed by atoms with Crippen LogP contribution in [-0.2, 0) is 0 Å². The van der Waals surface area contributed by atoms with Gasteiger partial charge in [-0.3, -0.25) is 9.69 Å². The average Bonchev–Trinajstić information content (AvgIpc) is 3.11. The van der Waals surface area contributed by atoms with Gasteiger partial charge in [-0.25, -0.2) is 4.98 Å². The van der Waals surface area contributed by atoms with E-state index in [1.807, 2.05) is 0 Å². The van der Waals surface area contributed by atoms with Gasteiger partial charge in [-0.15, -0.1) is 0 Å². The number of hydrogen-bond donors (Lipinski definition) is 0. The van der Waals surface area contributed by atoms with Gasteiger partial charge >= 0.3 is 0 Å². The summed E-state index contributed by atoms with van der Waals surface area (Å²) < 4.78 is 0. The molecular formula is C16H23N3OS. The first kappa shape index (κ1) is 13.7. The minimum Gasteiger partial charge on any atom is -0.346 e. The third-order valence-electron chi connectivity index (χ3n) is 5.08. The molecule has 0 bridgehead atoms. The normalized spacial score (nSPS) is 27.2. The quantitative estimate of drug-likeness (QED) is 0.802. The Kier molecular flexibility index (Phi) is 3.71. The molecule has 21 heavy (non-hydrogen) atoms. The second-order valence-corrected chi connectivity index (χ2v) is 7.63. The molecule has 1 saturated carbocycles. The average molecular weight is 305 g/mol. The Labute approximate surface area is 130 Å². The Morgan fingerprint density at radius 1 is 1.10 bits per heavy atom. The topological polar surface area (TPSA) is 36.4 Å². The Morgan fingerprint density at radius 3 is 2.62 bits per heavy atom. The molecule has 114 valence electrons. The van der Waals surface area contributed by atoms with Crippen molar-refractivity contribution in [2.24, 2.45) is 0 Å². The Bertz CT molecular complexity index is 520. The minimum atomic E-state index is 0.565. The Morgan fingerprint density at radius 2 is 1.90 bits per heavy atom. The van der Waals surface area contributed by atoms with E-state index in [0.717, 1.165) is 35.1 Å². The van der Waals surface area contributed by atoms with E-state index in [1.165, 1.54) is 51.6 Å². The number of aldehydes is 1. The minimum absolute atomic E-state index is 0.565. The molecule has 1 aromatic rings. The number of aromatic nitrogens is 1. The van der Waals surface area contributed by atoms with Crippen LogP contribution < -0.4 is 4.90 Å². The molecule has 0 amide bonds. The summed E-state index contributed by atoms with van der Waals surface area (Å²) in [6, 6.07) is 0.693. The lowest BCUT2D eigenvalue weighted by Gasteiger charge is -2.32. The molecule has 0 aromatic carbocycles. The summed E-state index contributed by atoms with van der Waals surface area (Å²) in [6.45, 7) is 4.72. The third kappa shape index (κ3) is 2.73. The van der Waals surface area contributed by atoms with Crippen LogP contribution in [0.25, 0.3) is 0 Å². The van der Waals surface area contributed by atoms with Crippen LogP contribution in [0.1, 0.15) is 59.8 Å². The number of hydrogen-bond acceptors (Lipinski definition) is 5. The second kappa shape index (κ2) is 5.69. The summed E-state index contributed by atoms with van der Waals surface area (Å²) in [5.74, 6) is 0.565. The van der Waals surface area contributed by atoms with Gasteiger partial charge in [-0.05, 0) is 45.2 Å². The van der Waals surface area contributed by atoms with Crippen LogP contribution in [0.4, 0.5) is 5.13 Å². The largest absolute Gasteiger partial charge is 0.346 e. The first-order valence-electron chi connectivity index (χ1n) is 8.30. The molecule has 0 N–H and O–H groups in total. The zero-order valence-electron chi connectivity index (χ0n) is 12.5. The van der Waals surface area contributed by atoms with E-state index in [0.29, 0.717) is 12.0 Å². The van der Waals surface area contributed by atoms with E-state index in [9.17, 15) is 4.79 Å². The van der Waals surface area contributed by atoms with Crippen LogP contribution in [0.2, 0.25) is 0 Å². The number of carbonyl (C=O) groups excluding carboxylic acids is 1. The molecular weight excluding hydrogens is 282 g/mol. The van der Waals surface area contributed by atoms with E-state index in [1.54, 1.807) is 11.3 Å². The van der Waals surface area contributed by atoms with E-state index in [2.05, 4.69) is 9.80 Å². The van der Waals surface area contributed by atoms with Crippen LogP contribution in [0.3, 0.4) is 0 Å². The molecule has 4 nitrogen and oxygen atoms in total. The van der Waals surface area contributed by atoms with Crippen molar-refractivity contribution in [3.8, 4) is 0 Å². The summed E-state index contributed by atoms with van der Waals surface area (Å²) in [5, 5.41) is 1.08. The van der Waals surface area contributed by atoms with Gasteiger partial charge in [0.15, 0.2) is 11.4 Å². The molecule has 3 fully saturated rings. The lowest BCUT2D eigenvalue weighted by Crippen LogP contribution is -2.40. The lowest BCUT2D eigenvalue weighted by molar-refractivity contribution is 0.112. The van der Waals surface area contributed by atoms with Gasteiger partial charge in [-0.1, -0.05) is 17.8 Å². The third-order valence-corrected chi connectivity index (χ3v) is 6.14. The smallest absolute Gasteiger partial charge is 0.186 e. The van der Waals surface area contributed by atoms with Gasteiger partial charge < -0.3 is 4.90 Å². The van der Waals surface area contributed by atoms with Crippen molar-refractivity contribution in [3.63, 3.8) is 0 Å². The predicted molar refractivity (Wildman–Crippen MR) is 85.5 cm³/mol. The molecule has 1 aromatic heterocycles. The van der Waals surface area contributed by atoms with E-state index >= 15 is 0 Å². The van der Waals surface area contributed by atoms with Crippen molar-refractivity contribution in [2.45, 2.75) is 50.5 Å². The molecule has 5 heteroatoms. The monoisotopic (exact) mass is 305 g/mol. The molecule has 4 rings (SSSR count). The molecule has 1 atom stereocenters. The highest BCUT2D eigenvalue weighted by Crippen LogP contribution is 2.44. The predicted octanol–water partition coefficient (Wildman–Crippen LogP) is 2.90. The number of anilines is 1. The molecule has 2 saturated heterocycles. The van der Waals surface area contributed by atoms with Crippen LogP contribution in [0, 0.1) is 0 Å². The lowest BCUT2D eigenvalue weighted by atomic mass is 10.1. The zero-order chi connectivity index (χ0) is 14.2. The van der Waals surface area contributed by atoms with Gasteiger partial charge in [0.25, 0.3) is 0 Å². The highest BCUT2D eigenvalue weighted by atomic mass is 32.1. The fourth-order valence-corrected chi connectivity index (χ4v) is 4.70. The fourth-order valence-electron chi connectivity index (χ4n) is 3.70. The van der Waals surface area contributed by atoms with E-state index < -0.39 is 0 Å². The van der Waals surface area contributed by atoms with Crippen LogP contribution in [0.5, 0.6) is 0 Å². The maximum absolute atomic E-state index is 11.2. The van der Waals surface area contributed by atoms with E-state index in [-0.39, 0.29) is 0 Å². The van der Waals surface area contributed by atoms with Crippen molar-refractivity contribution >= 4 is 22.8 Å². The van der Waals surface area contributed by atoms with Crippen molar-refractivity contribution < 1.29 is 4.79 Å². The molecule has 1 aliphatic carbocycles. The number of rotatable bonds is 4. The standard InChI is InChI=1S/C16H23N3OS/c20-11-14-15(12-4-5-12)17-16(21-14)19-9-6-13(10-19)18-7-2-1-3-8-18/h11-13H,1-10H2. The zero-order valence-corrected chi connectivity index (χ0v) is 13.3.